The lowest BCUT2D eigenvalue weighted by atomic mass is 10.1. The Morgan fingerprint density at radius 1 is 1.59 bits per heavy atom. The SMILES string of the molecule is CN1CCCC(NC(=O)c2cc(Br)c(Br)s2)C1. The van der Waals surface area contributed by atoms with Crippen LogP contribution < -0.4 is 5.32 Å². The fourth-order valence-electron chi connectivity index (χ4n) is 2.00. The predicted octanol–water partition coefficient (Wildman–Crippen LogP) is 3.10. The fraction of sp³-hybridized carbons (Fsp3) is 0.545. The fourth-order valence-corrected chi connectivity index (χ4v) is 3.94. The van der Waals surface area contributed by atoms with Gasteiger partial charge in [0.2, 0.25) is 0 Å². The Labute approximate surface area is 122 Å². The molecule has 1 aliphatic rings. The molecule has 0 aromatic carbocycles. The highest BCUT2D eigenvalue weighted by Crippen LogP contribution is 2.32. The summed E-state index contributed by atoms with van der Waals surface area (Å²) in [5.41, 5.74) is 0. The summed E-state index contributed by atoms with van der Waals surface area (Å²) in [4.78, 5) is 15.0. The Morgan fingerprint density at radius 3 is 2.94 bits per heavy atom. The number of amides is 1. The number of hydrogen-bond acceptors (Lipinski definition) is 3. The molecule has 1 saturated heterocycles. The van der Waals surface area contributed by atoms with Crippen molar-refractivity contribution in [3.05, 3.63) is 19.2 Å². The molecular formula is C11H14Br2N2OS. The minimum Gasteiger partial charge on any atom is -0.347 e. The van der Waals surface area contributed by atoms with E-state index in [0.29, 0.717) is 0 Å². The van der Waals surface area contributed by atoms with Gasteiger partial charge < -0.3 is 10.2 Å². The summed E-state index contributed by atoms with van der Waals surface area (Å²) in [6.45, 7) is 2.07. The number of halogens is 2. The minimum atomic E-state index is 0.0294. The molecule has 1 aliphatic heterocycles. The van der Waals surface area contributed by atoms with E-state index in [2.05, 4.69) is 49.1 Å². The van der Waals surface area contributed by atoms with Crippen LogP contribution in [0.3, 0.4) is 0 Å². The summed E-state index contributed by atoms with van der Waals surface area (Å²) in [6.07, 6.45) is 2.23. The topological polar surface area (TPSA) is 32.3 Å². The van der Waals surface area contributed by atoms with Crippen molar-refractivity contribution in [3.8, 4) is 0 Å². The molecule has 1 amide bonds. The van der Waals surface area contributed by atoms with Crippen molar-refractivity contribution in [2.24, 2.45) is 0 Å². The summed E-state index contributed by atoms with van der Waals surface area (Å²) in [6, 6.07) is 2.14. The molecule has 1 aromatic rings. The van der Waals surface area contributed by atoms with E-state index in [1.807, 2.05) is 6.07 Å². The van der Waals surface area contributed by atoms with E-state index in [1.54, 1.807) is 0 Å². The molecule has 0 aliphatic carbocycles. The molecule has 1 N–H and O–H groups in total. The zero-order valence-corrected chi connectivity index (χ0v) is 13.5. The average Bonchev–Trinajstić information content (AvgIpc) is 2.59. The highest BCUT2D eigenvalue weighted by atomic mass is 79.9. The number of likely N-dealkylation sites (N-methyl/N-ethyl adjacent to an activating group) is 1. The van der Waals surface area contributed by atoms with Crippen LogP contribution in [0.15, 0.2) is 14.3 Å². The summed E-state index contributed by atoms with van der Waals surface area (Å²) in [7, 11) is 2.09. The normalized spacial score (nSPS) is 21.5. The summed E-state index contributed by atoms with van der Waals surface area (Å²) in [5.74, 6) is 0.0294. The summed E-state index contributed by atoms with van der Waals surface area (Å²) in [5, 5.41) is 3.09. The van der Waals surface area contributed by atoms with E-state index in [9.17, 15) is 4.79 Å². The van der Waals surface area contributed by atoms with Crippen molar-refractivity contribution in [3.63, 3.8) is 0 Å². The van der Waals surface area contributed by atoms with Crippen molar-refractivity contribution in [2.75, 3.05) is 20.1 Å². The first-order valence-electron chi connectivity index (χ1n) is 5.50. The molecule has 0 bridgehead atoms. The molecule has 6 heteroatoms. The molecular weight excluding hydrogens is 368 g/mol. The highest BCUT2D eigenvalue weighted by Gasteiger charge is 2.20. The number of carbonyl (C=O) groups is 1. The van der Waals surface area contributed by atoms with E-state index in [-0.39, 0.29) is 11.9 Å². The Kier molecular flexibility index (Phi) is 4.63. The molecule has 2 rings (SSSR count). The van der Waals surface area contributed by atoms with Crippen LogP contribution in [0.4, 0.5) is 0 Å². The number of piperidine rings is 1. The number of nitrogens with zero attached hydrogens (tertiary/aromatic N) is 1. The lowest BCUT2D eigenvalue weighted by molar-refractivity contribution is 0.0916. The van der Waals surface area contributed by atoms with Gasteiger partial charge >= 0.3 is 0 Å². The van der Waals surface area contributed by atoms with E-state index in [1.165, 1.54) is 11.3 Å². The zero-order chi connectivity index (χ0) is 12.4. The van der Waals surface area contributed by atoms with Crippen molar-refractivity contribution >= 4 is 49.1 Å². The first-order valence-corrected chi connectivity index (χ1v) is 7.91. The van der Waals surface area contributed by atoms with E-state index < -0.39 is 0 Å². The largest absolute Gasteiger partial charge is 0.347 e. The third-order valence-electron chi connectivity index (χ3n) is 2.83. The van der Waals surface area contributed by atoms with Gasteiger partial charge in [-0.15, -0.1) is 11.3 Å². The zero-order valence-electron chi connectivity index (χ0n) is 9.50. The molecule has 2 heterocycles. The summed E-state index contributed by atoms with van der Waals surface area (Å²) < 4.78 is 1.90. The van der Waals surface area contributed by atoms with E-state index >= 15 is 0 Å². The minimum absolute atomic E-state index is 0.0294. The van der Waals surface area contributed by atoms with Gasteiger partial charge in [-0.2, -0.15) is 0 Å². The van der Waals surface area contributed by atoms with Crippen molar-refractivity contribution in [1.29, 1.82) is 0 Å². The molecule has 3 nitrogen and oxygen atoms in total. The van der Waals surface area contributed by atoms with Crippen LogP contribution in [0.1, 0.15) is 22.5 Å². The van der Waals surface area contributed by atoms with Crippen molar-refractivity contribution < 1.29 is 4.79 Å². The van der Waals surface area contributed by atoms with Gasteiger partial charge in [-0.25, -0.2) is 0 Å². The molecule has 17 heavy (non-hydrogen) atoms. The van der Waals surface area contributed by atoms with Crippen LogP contribution in [0.25, 0.3) is 0 Å². The van der Waals surface area contributed by atoms with Crippen LogP contribution in [0.5, 0.6) is 0 Å². The standard InChI is InChI=1S/C11H14Br2N2OS/c1-15-4-2-3-7(6-15)14-11(16)9-5-8(12)10(13)17-9/h5,7H,2-4,6H2,1H3,(H,14,16). The van der Waals surface area contributed by atoms with Gasteiger partial charge in [0.1, 0.15) is 0 Å². The number of thiophene rings is 1. The van der Waals surface area contributed by atoms with Gasteiger partial charge in [0, 0.05) is 17.1 Å². The number of rotatable bonds is 2. The quantitative estimate of drug-likeness (QED) is 0.853. The molecule has 0 radical (unpaired) electrons. The molecule has 94 valence electrons. The van der Waals surface area contributed by atoms with Crippen LogP contribution in [-0.4, -0.2) is 37.0 Å². The molecule has 1 unspecified atom stereocenters. The maximum absolute atomic E-state index is 12.0. The van der Waals surface area contributed by atoms with Gasteiger partial charge in [0.25, 0.3) is 5.91 Å². The third-order valence-corrected chi connectivity index (χ3v) is 6.08. The average molecular weight is 382 g/mol. The third kappa shape index (κ3) is 3.53. The number of likely N-dealkylation sites (tertiary alicyclic amines) is 1. The second-order valence-electron chi connectivity index (χ2n) is 4.31. The van der Waals surface area contributed by atoms with Gasteiger partial charge in [-0.3, -0.25) is 4.79 Å². The Morgan fingerprint density at radius 2 is 2.35 bits per heavy atom. The van der Waals surface area contributed by atoms with Gasteiger partial charge in [0.05, 0.1) is 8.66 Å². The molecule has 0 spiro atoms. The van der Waals surface area contributed by atoms with Crippen LogP contribution in [-0.2, 0) is 0 Å². The second-order valence-corrected chi connectivity index (χ2v) is 7.53. The Bertz CT molecular complexity index is 402. The Balaban J connectivity index is 1.96. The number of nitrogens with one attached hydrogen (secondary N) is 1. The second kappa shape index (κ2) is 5.82. The first kappa shape index (κ1) is 13.5. The maximum Gasteiger partial charge on any atom is 0.261 e. The van der Waals surface area contributed by atoms with Crippen LogP contribution in [0, 0.1) is 0 Å². The van der Waals surface area contributed by atoms with Gasteiger partial charge in [-0.1, -0.05) is 0 Å². The molecule has 1 atom stereocenters. The molecule has 0 saturated carbocycles. The van der Waals surface area contributed by atoms with Gasteiger partial charge in [-0.05, 0) is 64.4 Å². The van der Waals surface area contributed by atoms with E-state index in [0.717, 1.165) is 39.1 Å². The lowest BCUT2D eigenvalue weighted by Crippen LogP contribution is -2.46. The van der Waals surface area contributed by atoms with Crippen LogP contribution in [0.2, 0.25) is 0 Å². The Hall–Kier alpha value is 0.0900. The lowest BCUT2D eigenvalue weighted by Gasteiger charge is -2.30. The monoisotopic (exact) mass is 380 g/mol. The molecule has 1 aromatic heterocycles. The molecule has 1 fully saturated rings. The first-order chi connectivity index (χ1) is 8.06. The maximum atomic E-state index is 12.0. The van der Waals surface area contributed by atoms with Gasteiger partial charge in [0.15, 0.2) is 0 Å². The van der Waals surface area contributed by atoms with Crippen molar-refractivity contribution in [1.82, 2.24) is 10.2 Å². The number of carbonyl (C=O) groups excluding carboxylic acids is 1. The summed E-state index contributed by atoms with van der Waals surface area (Å²) >= 11 is 8.25. The van der Waals surface area contributed by atoms with Crippen LogP contribution >= 0.6 is 43.2 Å². The predicted molar refractivity (Wildman–Crippen MR) is 77.7 cm³/mol. The number of hydrogen-bond donors (Lipinski definition) is 1. The smallest absolute Gasteiger partial charge is 0.261 e. The van der Waals surface area contributed by atoms with Crippen molar-refractivity contribution in [2.45, 2.75) is 18.9 Å². The highest BCUT2D eigenvalue weighted by molar-refractivity contribution is 9.13. The van der Waals surface area contributed by atoms with E-state index in [4.69, 9.17) is 0 Å².